The maximum Gasteiger partial charge on any atom is 0.121 e. The second kappa shape index (κ2) is 6.27. The largest absolute Gasteiger partial charge is 0.508 e. The van der Waals surface area contributed by atoms with Gasteiger partial charge in [-0.1, -0.05) is 31.2 Å². The highest BCUT2D eigenvalue weighted by Gasteiger charge is 2.08. The lowest BCUT2D eigenvalue weighted by Gasteiger charge is -2.12. The lowest BCUT2D eigenvalue weighted by Crippen LogP contribution is -1.93. The Labute approximate surface area is 132 Å². The fourth-order valence-electron chi connectivity index (χ4n) is 2.61. The zero-order valence-electron chi connectivity index (χ0n) is 13.9. The van der Waals surface area contributed by atoms with Crippen LogP contribution in [0, 0.1) is 27.7 Å². The van der Waals surface area contributed by atoms with E-state index in [-0.39, 0.29) is 5.92 Å². The highest BCUT2D eigenvalue weighted by Crippen LogP contribution is 2.28. The molecule has 0 spiro atoms. The quantitative estimate of drug-likeness (QED) is 0.822. The molecule has 0 radical (unpaired) electrons. The molecule has 0 saturated heterocycles. The van der Waals surface area contributed by atoms with Gasteiger partial charge in [0.15, 0.2) is 0 Å². The minimum absolute atomic E-state index is 0.256. The van der Waals surface area contributed by atoms with Gasteiger partial charge in [0, 0.05) is 0 Å². The lowest BCUT2D eigenvalue weighted by molar-refractivity contribution is 0.466. The van der Waals surface area contributed by atoms with E-state index in [1.54, 1.807) is 6.07 Å². The highest BCUT2D eigenvalue weighted by molar-refractivity contribution is 5.58. The number of hydrogen-bond acceptors (Lipinski definition) is 2. The molecule has 1 atom stereocenters. The fourth-order valence-corrected chi connectivity index (χ4v) is 2.61. The third-order valence-corrected chi connectivity index (χ3v) is 4.19. The van der Waals surface area contributed by atoms with Crippen LogP contribution >= 0.6 is 0 Å². The minimum atomic E-state index is 0.256. The number of allylic oxidation sites excluding steroid dienone is 1. The number of aromatic hydroxyl groups is 2. The Balaban J connectivity index is 2.29. The van der Waals surface area contributed by atoms with E-state index in [4.69, 9.17) is 0 Å². The molecule has 2 aromatic carbocycles. The molecule has 0 aliphatic heterocycles. The second-order valence-corrected chi connectivity index (χ2v) is 6.15. The lowest BCUT2D eigenvalue weighted by atomic mass is 9.94. The summed E-state index contributed by atoms with van der Waals surface area (Å²) in [6.45, 7) is 9.90. The van der Waals surface area contributed by atoms with Crippen LogP contribution in [0.1, 0.15) is 46.2 Å². The summed E-state index contributed by atoms with van der Waals surface area (Å²) in [5, 5.41) is 19.6. The second-order valence-electron chi connectivity index (χ2n) is 6.15. The van der Waals surface area contributed by atoms with E-state index in [2.05, 4.69) is 19.1 Å². The Morgan fingerprint density at radius 1 is 0.818 bits per heavy atom. The van der Waals surface area contributed by atoms with Gasteiger partial charge in [-0.25, -0.2) is 0 Å². The van der Waals surface area contributed by atoms with Crippen LogP contribution in [0.25, 0.3) is 6.08 Å². The Morgan fingerprint density at radius 3 is 2.00 bits per heavy atom. The maximum atomic E-state index is 9.87. The summed E-state index contributed by atoms with van der Waals surface area (Å²) in [5.74, 6) is 0.976. The average molecular weight is 296 g/mol. The summed E-state index contributed by atoms with van der Waals surface area (Å²) >= 11 is 0. The standard InChI is InChI=1S/C20H24O2/c1-12(18-9-15(4)20(22)16(5)10-18)6-7-17-8-14(3)19(21)11-13(17)2/h6-12,21-22H,1-5H3/b7-6+. The molecule has 0 bridgehead atoms. The van der Waals surface area contributed by atoms with Crippen LogP contribution in [0.15, 0.2) is 30.3 Å². The smallest absolute Gasteiger partial charge is 0.121 e. The molecule has 0 amide bonds. The van der Waals surface area contributed by atoms with Crippen LogP contribution in [0.3, 0.4) is 0 Å². The van der Waals surface area contributed by atoms with Crippen molar-refractivity contribution in [3.63, 3.8) is 0 Å². The summed E-state index contributed by atoms with van der Waals surface area (Å²) < 4.78 is 0. The minimum Gasteiger partial charge on any atom is -0.508 e. The van der Waals surface area contributed by atoms with E-state index in [0.29, 0.717) is 11.5 Å². The van der Waals surface area contributed by atoms with E-state index >= 15 is 0 Å². The van der Waals surface area contributed by atoms with Gasteiger partial charge in [0.2, 0.25) is 0 Å². The first-order chi connectivity index (χ1) is 10.3. The molecule has 0 aliphatic carbocycles. The molecule has 0 heterocycles. The number of phenols is 2. The van der Waals surface area contributed by atoms with Crippen LogP contribution in [-0.2, 0) is 0 Å². The Morgan fingerprint density at radius 2 is 1.41 bits per heavy atom. The Kier molecular flexibility index (Phi) is 4.60. The third kappa shape index (κ3) is 3.33. The molecule has 0 fully saturated rings. The van der Waals surface area contributed by atoms with Crippen LogP contribution in [0.4, 0.5) is 0 Å². The molecule has 0 saturated carbocycles. The van der Waals surface area contributed by atoms with Crippen molar-refractivity contribution >= 4 is 6.08 Å². The predicted octanol–water partition coefficient (Wildman–Crippen LogP) is 5.15. The van der Waals surface area contributed by atoms with Crippen molar-refractivity contribution in [3.8, 4) is 11.5 Å². The highest BCUT2D eigenvalue weighted by atomic mass is 16.3. The van der Waals surface area contributed by atoms with Gasteiger partial charge in [0.1, 0.15) is 11.5 Å². The van der Waals surface area contributed by atoms with Gasteiger partial charge >= 0.3 is 0 Å². The predicted molar refractivity (Wildman–Crippen MR) is 92.6 cm³/mol. The average Bonchev–Trinajstić information content (AvgIpc) is 2.46. The fraction of sp³-hybridized carbons (Fsp3) is 0.300. The topological polar surface area (TPSA) is 40.5 Å². The number of phenolic OH excluding ortho intramolecular Hbond substituents is 2. The Hall–Kier alpha value is -2.22. The first-order valence-corrected chi connectivity index (χ1v) is 7.58. The third-order valence-electron chi connectivity index (χ3n) is 4.19. The zero-order valence-corrected chi connectivity index (χ0v) is 13.9. The van der Waals surface area contributed by atoms with E-state index in [0.717, 1.165) is 27.8 Å². The van der Waals surface area contributed by atoms with Crippen molar-refractivity contribution in [2.45, 2.75) is 40.5 Å². The molecule has 22 heavy (non-hydrogen) atoms. The van der Waals surface area contributed by atoms with Crippen molar-refractivity contribution in [3.05, 3.63) is 63.7 Å². The molecule has 1 unspecified atom stereocenters. The monoisotopic (exact) mass is 296 g/mol. The van der Waals surface area contributed by atoms with Gasteiger partial charge in [-0.3, -0.25) is 0 Å². The van der Waals surface area contributed by atoms with Gasteiger partial charge in [-0.05, 0) is 79.1 Å². The molecular weight excluding hydrogens is 272 g/mol. The molecule has 2 N–H and O–H groups in total. The summed E-state index contributed by atoms with van der Waals surface area (Å²) in [5.41, 5.74) is 6.07. The van der Waals surface area contributed by atoms with Crippen LogP contribution in [-0.4, -0.2) is 10.2 Å². The summed E-state index contributed by atoms with van der Waals surface area (Å²) in [7, 11) is 0. The number of aryl methyl sites for hydroxylation is 4. The van der Waals surface area contributed by atoms with E-state index in [9.17, 15) is 10.2 Å². The van der Waals surface area contributed by atoms with Gasteiger partial charge in [0.05, 0.1) is 0 Å². The number of rotatable bonds is 3. The van der Waals surface area contributed by atoms with Gasteiger partial charge in [-0.2, -0.15) is 0 Å². The van der Waals surface area contributed by atoms with Gasteiger partial charge in [0.25, 0.3) is 0 Å². The molecule has 2 aromatic rings. The molecule has 2 heteroatoms. The molecule has 116 valence electrons. The van der Waals surface area contributed by atoms with Crippen molar-refractivity contribution in [1.29, 1.82) is 0 Å². The Bertz CT molecular complexity index is 704. The van der Waals surface area contributed by atoms with Crippen molar-refractivity contribution in [2.75, 3.05) is 0 Å². The summed E-state index contributed by atoms with van der Waals surface area (Å²) in [6.07, 6.45) is 4.26. The number of benzene rings is 2. The van der Waals surface area contributed by atoms with E-state index in [1.807, 2.05) is 45.9 Å². The van der Waals surface area contributed by atoms with Crippen molar-refractivity contribution in [2.24, 2.45) is 0 Å². The molecule has 2 rings (SSSR count). The molecule has 0 aliphatic rings. The SMILES string of the molecule is Cc1cc(/C=C/C(C)c2cc(C)c(O)c(C)c2)c(C)cc1O. The van der Waals surface area contributed by atoms with Crippen molar-refractivity contribution < 1.29 is 10.2 Å². The first kappa shape index (κ1) is 16.2. The van der Waals surface area contributed by atoms with E-state index < -0.39 is 0 Å². The maximum absolute atomic E-state index is 9.87. The van der Waals surface area contributed by atoms with E-state index in [1.165, 1.54) is 5.56 Å². The molecule has 2 nitrogen and oxygen atoms in total. The summed E-state index contributed by atoms with van der Waals surface area (Å²) in [6, 6.07) is 7.87. The first-order valence-electron chi connectivity index (χ1n) is 7.58. The summed E-state index contributed by atoms with van der Waals surface area (Å²) in [4.78, 5) is 0. The van der Waals surface area contributed by atoms with Crippen LogP contribution in [0.2, 0.25) is 0 Å². The van der Waals surface area contributed by atoms with Crippen LogP contribution in [0.5, 0.6) is 11.5 Å². The van der Waals surface area contributed by atoms with Gasteiger partial charge in [-0.15, -0.1) is 0 Å². The number of hydrogen-bond donors (Lipinski definition) is 2. The molecule has 0 aromatic heterocycles. The normalized spacial score (nSPS) is 12.8. The van der Waals surface area contributed by atoms with Gasteiger partial charge < -0.3 is 10.2 Å². The van der Waals surface area contributed by atoms with Crippen molar-refractivity contribution in [1.82, 2.24) is 0 Å². The van der Waals surface area contributed by atoms with Crippen LogP contribution < -0.4 is 0 Å². The zero-order chi connectivity index (χ0) is 16.4. The molecular formula is C20H24O2.